The fourth-order valence-corrected chi connectivity index (χ4v) is 2.81. The molecule has 0 radical (unpaired) electrons. The highest BCUT2D eigenvalue weighted by Gasteiger charge is 2.15. The summed E-state index contributed by atoms with van der Waals surface area (Å²) in [5, 5.41) is 9.67. The monoisotopic (exact) mass is 282 g/mol. The van der Waals surface area contributed by atoms with E-state index in [1.54, 1.807) is 11.8 Å². The molecule has 0 heterocycles. The fourth-order valence-electron chi connectivity index (χ4n) is 1.54. The molecule has 18 heavy (non-hydrogen) atoms. The van der Waals surface area contributed by atoms with E-state index in [-0.39, 0.29) is 5.41 Å². The topological polar surface area (TPSA) is 49.8 Å². The van der Waals surface area contributed by atoms with Gasteiger partial charge in [-0.1, -0.05) is 18.0 Å². The second kappa shape index (κ2) is 6.92. The predicted molar refractivity (Wildman–Crippen MR) is 79.8 cm³/mol. The molecule has 0 aromatic heterocycles. The molecular weight excluding hydrogens is 264 g/mol. The molecule has 0 fully saturated rings. The van der Waals surface area contributed by atoms with Crippen LogP contribution >= 0.6 is 23.4 Å². The largest absolute Gasteiger partial charge is 0.399 e. The molecule has 0 atom stereocenters. The number of nitrogens with two attached hydrogens (primary N) is 1. The van der Waals surface area contributed by atoms with Gasteiger partial charge in [-0.05, 0) is 50.6 Å². The summed E-state index contributed by atoms with van der Waals surface area (Å²) >= 11 is 7.81. The van der Waals surface area contributed by atoms with Crippen LogP contribution < -0.4 is 5.73 Å². The van der Waals surface area contributed by atoms with Gasteiger partial charge < -0.3 is 5.73 Å². The molecule has 1 rings (SSSR count). The number of unbranched alkanes of at least 4 members (excludes halogenated alkanes) is 1. The highest BCUT2D eigenvalue weighted by atomic mass is 35.5. The molecule has 1 aromatic carbocycles. The Morgan fingerprint density at radius 1 is 1.39 bits per heavy atom. The number of thioether (sulfide) groups is 1. The maximum atomic E-state index is 8.91. The number of halogens is 1. The smallest absolute Gasteiger partial charge is 0.0683 e. The summed E-state index contributed by atoms with van der Waals surface area (Å²) in [6, 6.07) is 7.87. The summed E-state index contributed by atoms with van der Waals surface area (Å²) in [6.07, 6.45) is 3.09. The van der Waals surface area contributed by atoms with Crippen molar-refractivity contribution in [2.45, 2.75) is 38.0 Å². The van der Waals surface area contributed by atoms with Gasteiger partial charge in [0.1, 0.15) is 0 Å². The molecule has 0 saturated heterocycles. The molecular formula is C14H19ClN2S. The van der Waals surface area contributed by atoms with Crippen LogP contribution in [-0.2, 0) is 0 Å². The van der Waals surface area contributed by atoms with Crippen molar-refractivity contribution in [2.24, 2.45) is 5.41 Å². The second-order valence-corrected chi connectivity index (χ2v) is 6.54. The Morgan fingerprint density at radius 3 is 2.78 bits per heavy atom. The number of nitriles is 1. The van der Waals surface area contributed by atoms with Crippen molar-refractivity contribution in [3.63, 3.8) is 0 Å². The lowest BCUT2D eigenvalue weighted by atomic mass is 9.89. The zero-order valence-electron chi connectivity index (χ0n) is 10.9. The van der Waals surface area contributed by atoms with E-state index < -0.39 is 0 Å². The number of rotatable bonds is 6. The Bertz CT molecular complexity index is 438. The van der Waals surface area contributed by atoms with Gasteiger partial charge in [-0.2, -0.15) is 5.26 Å². The highest BCUT2D eigenvalue weighted by molar-refractivity contribution is 7.99. The van der Waals surface area contributed by atoms with Crippen molar-refractivity contribution in [2.75, 3.05) is 11.5 Å². The Balaban J connectivity index is 2.30. The van der Waals surface area contributed by atoms with Crippen molar-refractivity contribution in [3.8, 4) is 6.07 Å². The normalized spacial score (nSPS) is 11.2. The third-order valence-corrected chi connectivity index (χ3v) is 4.29. The molecule has 1 aromatic rings. The number of nitrogen functional groups attached to an aromatic ring is 1. The molecule has 98 valence electrons. The summed E-state index contributed by atoms with van der Waals surface area (Å²) < 4.78 is 0. The molecule has 0 amide bonds. The molecule has 0 aliphatic heterocycles. The minimum atomic E-state index is -0.209. The highest BCUT2D eigenvalue weighted by Crippen LogP contribution is 2.30. The van der Waals surface area contributed by atoms with E-state index in [9.17, 15) is 0 Å². The lowest BCUT2D eigenvalue weighted by molar-refractivity contribution is 0.433. The SMILES string of the molecule is CC(C)(C#N)CCCCSc1cc(N)ccc1Cl. The molecule has 2 nitrogen and oxygen atoms in total. The van der Waals surface area contributed by atoms with Crippen LogP contribution in [0.1, 0.15) is 33.1 Å². The third-order valence-electron chi connectivity index (χ3n) is 2.71. The van der Waals surface area contributed by atoms with Crippen molar-refractivity contribution in [3.05, 3.63) is 23.2 Å². The van der Waals surface area contributed by atoms with Crippen LogP contribution in [-0.4, -0.2) is 5.75 Å². The summed E-state index contributed by atoms with van der Waals surface area (Å²) in [5.41, 5.74) is 6.26. The third kappa shape index (κ3) is 5.20. The lowest BCUT2D eigenvalue weighted by Gasteiger charge is -2.14. The van der Waals surface area contributed by atoms with Gasteiger partial charge in [-0.15, -0.1) is 11.8 Å². The Labute approximate surface area is 119 Å². The molecule has 2 N–H and O–H groups in total. The van der Waals surface area contributed by atoms with E-state index in [4.69, 9.17) is 22.6 Å². The summed E-state index contributed by atoms with van der Waals surface area (Å²) in [7, 11) is 0. The first kappa shape index (κ1) is 15.2. The lowest BCUT2D eigenvalue weighted by Crippen LogP contribution is -2.07. The molecule has 0 spiro atoms. The van der Waals surface area contributed by atoms with Crippen molar-refractivity contribution < 1.29 is 0 Å². The van der Waals surface area contributed by atoms with Gasteiger partial charge in [0, 0.05) is 10.6 Å². The van der Waals surface area contributed by atoms with E-state index in [1.807, 2.05) is 32.0 Å². The van der Waals surface area contributed by atoms with Crippen LogP contribution in [0.25, 0.3) is 0 Å². The first-order valence-electron chi connectivity index (χ1n) is 6.04. The van der Waals surface area contributed by atoms with Crippen LogP contribution in [0.2, 0.25) is 5.02 Å². The summed E-state index contributed by atoms with van der Waals surface area (Å²) in [4.78, 5) is 1.04. The van der Waals surface area contributed by atoms with Gasteiger partial charge in [-0.3, -0.25) is 0 Å². The number of nitrogens with zero attached hydrogens (tertiary/aromatic N) is 1. The average molecular weight is 283 g/mol. The van der Waals surface area contributed by atoms with Gasteiger partial charge in [0.15, 0.2) is 0 Å². The van der Waals surface area contributed by atoms with Crippen molar-refractivity contribution >= 4 is 29.1 Å². The van der Waals surface area contributed by atoms with Crippen molar-refractivity contribution in [1.82, 2.24) is 0 Å². The summed E-state index contributed by atoms with van der Waals surface area (Å²) in [6.45, 7) is 3.96. The second-order valence-electron chi connectivity index (χ2n) is 4.99. The Kier molecular flexibility index (Phi) is 5.84. The first-order chi connectivity index (χ1) is 8.44. The van der Waals surface area contributed by atoms with Gasteiger partial charge in [-0.25, -0.2) is 0 Å². The van der Waals surface area contributed by atoms with E-state index in [2.05, 4.69) is 6.07 Å². The quantitative estimate of drug-likeness (QED) is 0.466. The van der Waals surface area contributed by atoms with E-state index in [0.717, 1.165) is 40.6 Å². The van der Waals surface area contributed by atoms with Gasteiger partial charge >= 0.3 is 0 Å². The van der Waals surface area contributed by atoms with Crippen LogP contribution in [0.5, 0.6) is 0 Å². The number of hydrogen-bond donors (Lipinski definition) is 1. The Morgan fingerprint density at radius 2 is 2.11 bits per heavy atom. The predicted octanol–water partition coefficient (Wildman–Crippen LogP) is 4.73. The van der Waals surface area contributed by atoms with Gasteiger partial charge in [0.05, 0.1) is 16.5 Å². The van der Waals surface area contributed by atoms with Crippen LogP contribution in [0.4, 0.5) is 5.69 Å². The molecule has 0 saturated carbocycles. The number of hydrogen-bond acceptors (Lipinski definition) is 3. The van der Waals surface area contributed by atoms with Crippen LogP contribution in [0, 0.1) is 16.7 Å². The van der Waals surface area contributed by atoms with Crippen molar-refractivity contribution in [1.29, 1.82) is 5.26 Å². The minimum absolute atomic E-state index is 0.209. The van der Waals surface area contributed by atoms with Crippen LogP contribution in [0.3, 0.4) is 0 Å². The maximum Gasteiger partial charge on any atom is 0.0683 e. The maximum absolute atomic E-state index is 8.91. The van der Waals surface area contributed by atoms with E-state index in [0.29, 0.717) is 0 Å². The minimum Gasteiger partial charge on any atom is -0.399 e. The molecule has 0 unspecified atom stereocenters. The van der Waals surface area contributed by atoms with E-state index >= 15 is 0 Å². The molecule has 0 bridgehead atoms. The zero-order valence-corrected chi connectivity index (χ0v) is 12.4. The number of benzene rings is 1. The number of anilines is 1. The molecule has 0 aliphatic rings. The zero-order chi connectivity index (χ0) is 13.6. The van der Waals surface area contributed by atoms with E-state index in [1.165, 1.54) is 0 Å². The first-order valence-corrected chi connectivity index (χ1v) is 7.40. The summed E-state index contributed by atoms with van der Waals surface area (Å²) in [5.74, 6) is 1.00. The van der Waals surface area contributed by atoms with Gasteiger partial charge in [0.2, 0.25) is 0 Å². The standard InChI is InChI=1S/C14H19ClN2S/c1-14(2,10-16)7-3-4-8-18-13-9-11(17)5-6-12(13)15/h5-6,9H,3-4,7-8,17H2,1-2H3. The van der Waals surface area contributed by atoms with Crippen LogP contribution in [0.15, 0.2) is 23.1 Å². The molecule has 4 heteroatoms. The average Bonchev–Trinajstić information content (AvgIpc) is 2.33. The van der Waals surface area contributed by atoms with Gasteiger partial charge in [0.25, 0.3) is 0 Å². The fraction of sp³-hybridized carbons (Fsp3) is 0.500. The Hall–Kier alpha value is -0.850. The molecule has 0 aliphatic carbocycles.